The monoisotopic (exact) mass is 315 g/mol. The lowest BCUT2D eigenvalue weighted by molar-refractivity contribution is 0.133. The van der Waals surface area contributed by atoms with Crippen LogP contribution in [0.5, 0.6) is 5.75 Å². The van der Waals surface area contributed by atoms with Crippen LogP contribution in [0.3, 0.4) is 0 Å². The molecule has 0 aliphatic heterocycles. The molecule has 1 radical (unpaired) electrons. The van der Waals surface area contributed by atoms with E-state index in [2.05, 4.69) is 31.4 Å². The van der Waals surface area contributed by atoms with E-state index in [1.54, 1.807) is 14.2 Å². The van der Waals surface area contributed by atoms with Gasteiger partial charge in [0.15, 0.2) is 0 Å². The van der Waals surface area contributed by atoms with Crippen molar-refractivity contribution in [3.8, 4) is 5.75 Å². The number of benzene rings is 2. The van der Waals surface area contributed by atoms with Crippen molar-refractivity contribution in [3.05, 3.63) is 64.7 Å². The Hall–Kier alpha value is -1.45. The summed E-state index contributed by atoms with van der Waals surface area (Å²) >= 11 is 1.86. The van der Waals surface area contributed by atoms with Gasteiger partial charge in [-0.25, -0.2) is 0 Å². The van der Waals surface area contributed by atoms with Crippen LogP contribution in [0, 0.1) is 13.0 Å². The number of ether oxygens (including phenoxy) is 2. The quantitative estimate of drug-likeness (QED) is 0.752. The predicted molar refractivity (Wildman–Crippen MR) is 93.9 cm³/mol. The highest BCUT2D eigenvalue weighted by Crippen LogP contribution is 2.36. The van der Waals surface area contributed by atoms with Crippen LogP contribution in [0.1, 0.15) is 28.4 Å². The minimum absolute atomic E-state index is 0.137. The maximum atomic E-state index is 5.80. The third kappa shape index (κ3) is 3.65. The van der Waals surface area contributed by atoms with Gasteiger partial charge in [-0.1, -0.05) is 30.3 Å². The number of hydrogen-bond acceptors (Lipinski definition) is 3. The summed E-state index contributed by atoms with van der Waals surface area (Å²) < 4.78 is 11.3. The SMILES string of the molecule is COc1[c]cc(CCSC)c(C)c1C(OC)c1ccccc1. The van der Waals surface area contributed by atoms with Gasteiger partial charge in [-0.3, -0.25) is 0 Å². The zero-order valence-electron chi connectivity index (χ0n) is 13.7. The van der Waals surface area contributed by atoms with Crippen molar-refractivity contribution < 1.29 is 9.47 Å². The first-order chi connectivity index (χ1) is 10.7. The van der Waals surface area contributed by atoms with E-state index in [-0.39, 0.29) is 6.10 Å². The number of aryl methyl sites for hydroxylation is 1. The van der Waals surface area contributed by atoms with Crippen molar-refractivity contribution in [2.24, 2.45) is 0 Å². The molecule has 0 saturated carbocycles. The zero-order valence-corrected chi connectivity index (χ0v) is 14.5. The zero-order chi connectivity index (χ0) is 15.9. The van der Waals surface area contributed by atoms with Gasteiger partial charge in [-0.2, -0.15) is 11.8 Å². The molecule has 0 amide bonds. The van der Waals surface area contributed by atoms with E-state index < -0.39 is 0 Å². The molecule has 2 aromatic rings. The summed E-state index contributed by atoms with van der Waals surface area (Å²) in [6.45, 7) is 2.15. The number of rotatable bonds is 7. The Bertz CT molecular complexity index is 596. The van der Waals surface area contributed by atoms with Crippen LogP contribution in [-0.4, -0.2) is 26.2 Å². The van der Waals surface area contributed by atoms with Gasteiger partial charge in [0.05, 0.1) is 7.11 Å². The summed E-state index contributed by atoms with van der Waals surface area (Å²) in [7, 11) is 3.43. The number of hydrogen-bond donors (Lipinski definition) is 0. The van der Waals surface area contributed by atoms with Crippen molar-refractivity contribution in [2.45, 2.75) is 19.4 Å². The van der Waals surface area contributed by atoms with E-state index in [1.807, 2.05) is 36.0 Å². The van der Waals surface area contributed by atoms with Gasteiger partial charge >= 0.3 is 0 Å². The van der Waals surface area contributed by atoms with Crippen LogP contribution in [0.15, 0.2) is 36.4 Å². The van der Waals surface area contributed by atoms with Gasteiger partial charge in [0.25, 0.3) is 0 Å². The largest absolute Gasteiger partial charge is 0.496 e. The van der Waals surface area contributed by atoms with Crippen LogP contribution >= 0.6 is 11.8 Å². The molecular formula is C19H23O2S. The molecule has 0 aliphatic carbocycles. The lowest BCUT2D eigenvalue weighted by Crippen LogP contribution is -2.10. The Balaban J connectivity index is 2.50. The average molecular weight is 315 g/mol. The molecule has 0 bridgehead atoms. The lowest BCUT2D eigenvalue weighted by atomic mass is 9.92. The van der Waals surface area contributed by atoms with Gasteiger partial charge in [0.1, 0.15) is 11.9 Å². The molecule has 3 heteroatoms. The Labute approximate surface area is 137 Å². The van der Waals surface area contributed by atoms with Gasteiger partial charge in [0, 0.05) is 18.7 Å². The van der Waals surface area contributed by atoms with E-state index in [1.165, 1.54) is 11.1 Å². The topological polar surface area (TPSA) is 18.5 Å². The van der Waals surface area contributed by atoms with Gasteiger partial charge in [-0.05, 0) is 48.1 Å². The molecule has 117 valence electrons. The molecule has 0 aliphatic rings. The van der Waals surface area contributed by atoms with E-state index in [4.69, 9.17) is 9.47 Å². The van der Waals surface area contributed by atoms with Crippen LogP contribution in [0.4, 0.5) is 0 Å². The highest BCUT2D eigenvalue weighted by Gasteiger charge is 2.22. The van der Waals surface area contributed by atoms with Gasteiger partial charge in [-0.15, -0.1) is 0 Å². The van der Waals surface area contributed by atoms with E-state index in [0.29, 0.717) is 0 Å². The Kier molecular flexibility index (Phi) is 6.34. The summed E-state index contributed by atoms with van der Waals surface area (Å²) in [5, 5.41) is 0. The fraction of sp³-hybridized carbons (Fsp3) is 0.368. The summed E-state index contributed by atoms with van der Waals surface area (Å²) in [5.74, 6) is 1.87. The molecule has 2 rings (SSSR count). The smallest absolute Gasteiger partial charge is 0.133 e. The summed E-state index contributed by atoms with van der Waals surface area (Å²) in [5.41, 5.74) is 4.75. The summed E-state index contributed by atoms with van der Waals surface area (Å²) in [4.78, 5) is 0. The van der Waals surface area contributed by atoms with Crippen LogP contribution < -0.4 is 4.74 Å². The standard InChI is InChI=1S/C19H23O2S/c1-14-15(12-13-22-4)10-11-17(20-2)18(14)19(21-3)16-8-6-5-7-9-16/h5-10,19H,12-13H2,1-4H3. The predicted octanol–water partition coefficient (Wildman–Crippen LogP) is 4.45. The van der Waals surface area contributed by atoms with Crippen molar-refractivity contribution >= 4 is 11.8 Å². The molecular weight excluding hydrogens is 292 g/mol. The molecule has 0 spiro atoms. The van der Waals surface area contributed by atoms with E-state index >= 15 is 0 Å². The maximum Gasteiger partial charge on any atom is 0.133 e. The number of methoxy groups -OCH3 is 2. The van der Waals surface area contributed by atoms with Crippen LogP contribution in [0.2, 0.25) is 0 Å². The van der Waals surface area contributed by atoms with Crippen molar-refractivity contribution in [2.75, 3.05) is 26.2 Å². The molecule has 1 atom stereocenters. The van der Waals surface area contributed by atoms with Crippen molar-refractivity contribution in [3.63, 3.8) is 0 Å². The minimum atomic E-state index is -0.137. The molecule has 2 aromatic carbocycles. The third-order valence-corrected chi connectivity index (χ3v) is 4.50. The average Bonchev–Trinajstić information content (AvgIpc) is 2.56. The lowest BCUT2D eigenvalue weighted by Gasteiger charge is -2.23. The first-order valence-electron chi connectivity index (χ1n) is 7.37. The second-order valence-corrected chi connectivity index (χ2v) is 6.14. The van der Waals surface area contributed by atoms with E-state index in [9.17, 15) is 0 Å². The maximum absolute atomic E-state index is 5.80. The molecule has 0 heterocycles. The van der Waals surface area contributed by atoms with Crippen molar-refractivity contribution in [1.29, 1.82) is 0 Å². The first kappa shape index (κ1) is 16.9. The molecule has 0 saturated heterocycles. The van der Waals surface area contributed by atoms with Crippen LogP contribution in [-0.2, 0) is 11.2 Å². The van der Waals surface area contributed by atoms with Crippen LogP contribution in [0.25, 0.3) is 0 Å². The molecule has 0 N–H and O–H groups in total. The molecule has 2 nitrogen and oxygen atoms in total. The summed E-state index contributed by atoms with van der Waals surface area (Å²) in [6.07, 6.45) is 3.03. The van der Waals surface area contributed by atoms with Gasteiger partial charge < -0.3 is 9.47 Å². The first-order valence-corrected chi connectivity index (χ1v) is 8.77. The highest BCUT2D eigenvalue weighted by atomic mass is 32.2. The molecule has 0 aromatic heterocycles. The van der Waals surface area contributed by atoms with Gasteiger partial charge in [0.2, 0.25) is 0 Å². The third-order valence-electron chi connectivity index (χ3n) is 3.89. The second kappa shape index (κ2) is 8.25. The highest BCUT2D eigenvalue weighted by molar-refractivity contribution is 7.98. The number of thioether (sulfide) groups is 1. The Morgan fingerprint density at radius 1 is 1.18 bits per heavy atom. The second-order valence-electron chi connectivity index (χ2n) is 5.16. The van der Waals surface area contributed by atoms with Crippen molar-refractivity contribution in [1.82, 2.24) is 0 Å². The fourth-order valence-electron chi connectivity index (χ4n) is 2.69. The normalized spacial score (nSPS) is 12.2. The summed E-state index contributed by atoms with van der Waals surface area (Å²) in [6, 6.07) is 15.6. The fourth-order valence-corrected chi connectivity index (χ4v) is 3.11. The minimum Gasteiger partial charge on any atom is -0.496 e. The Morgan fingerprint density at radius 2 is 1.91 bits per heavy atom. The molecule has 1 unspecified atom stereocenters. The molecule has 22 heavy (non-hydrogen) atoms. The van der Waals surface area contributed by atoms with E-state index in [0.717, 1.165) is 29.1 Å². The molecule has 0 fully saturated rings. The Morgan fingerprint density at radius 3 is 2.50 bits per heavy atom.